The molecule has 0 radical (unpaired) electrons. The normalized spacial score (nSPS) is 19.6. The van der Waals surface area contributed by atoms with Crippen molar-refractivity contribution in [2.75, 3.05) is 54.5 Å². The minimum atomic E-state index is -0.0796. The smallest absolute Gasteiger partial charge is 0.231 e. The highest BCUT2D eigenvalue weighted by atomic mass is 16.5. The van der Waals surface area contributed by atoms with Crippen molar-refractivity contribution in [3.63, 3.8) is 0 Å². The Bertz CT molecular complexity index is 1060. The van der Waals surface area contributed by atoms with Gasteiger partial charge in [0.2, 0.25) is 11.9 Å². The number of hydrogen-bond acceptors (Lipinski definition) is 6. The monoisotopic (exact) mass is 420 g/mol. The van der Waals surface area contributed by atoms with Gasteiger partial charge in [0.25, 0.3) is 0 Å². The molecule has 4 heterocycles. The molecule has 3 aromatic rings. The van der Waals surface area contributed by atoms with E-state index < -0.39 is 0 Å². The predicted octanol–water partition coefficient (Wildman–Crippen LogP) is 2.73. The summed E-state index contributed by atoms with van der Waals surface area (Å²) in [6.45, 7) is 6.91. The Morgan fingerprint density at radius 2 is 1.84 bits per heavy atom. The van der Waals surface area contributed by atoms with E-state index in [0.717, 1.165) is 68.7 Å². The number of pyridine rings is 1. The number of fused-ring (bicyclic) bond motifs is 1. The number of aryl methyl sites for hydroxylation is 1. The number of anilines is 3. The number of nitrogens with zero attached hydrogens (tertiary/aromatic N) is 5. The molecule has 8 heteroatoms. The lowest BCUT2D eigenvalue weighted by molar-refractivity contribution is -0.120. The molecule has 2 aliphatic rings. The fourth-order valence-corrected chi connectivity index (χ4v) is 4.48. The lowest BCUT2D eigenvalue weighted by Crippen LogP contribution is -2.41. The van der Waals surface area contributed by atoms with Crippen LogP contribution in [-0.4, -0.2) is 59.9 Å². The van der Waals surface area contributed by atoms with Crippen LogP contribution in [0.5, 0.6) is 0 Å². The lowest BCUT2D eigenvalue weighted by Gasteiger charge is -2.32. The van der Waals surface area contributed by atoms with Crippen LogP contribution in [0.15, 0.2) is 42.5 Å². The Kier molecular flexibility index (Phi) is 5.46. The minimum absolute atomic E-state index is 0.0642. The first-order valence-corrected chi connectivity index (χ1v) is 11.0. The zero-order valence-corrected chi connectivity index (χ0v) is 17.8. The number of morpholine rings is 1. The van der Waals surface area contributed by atoms with Crippen molar-refractivity contribution in [3.05, 3.63) is 48.2 Å². The minimum Gasteiger partial charge on any atom is -0.378 e. The Morgan fingerprint density at radius 1 is 1.03 bits per heavy atom. The largest absolute Gasteiger partial charge is 0.378 e. The molecule has 0 spiro atoms. The summed E-state index contributed by atoms with van der Waals surface area (Å²) in [6.07, 6.45) is 1.83. The van der Waals surface area contributed by atoms with Gasteiger partial charge in [0, 0.05) is 43.2 Å². The number of aromatic nitrogens is 3. The molecule has 5 rings (SSSR count). The second-order valence-electron chi connectivity index (χ2n) is 8.28. The van der Waals surface area contributed by atoms with Crippen LogP contribution in [0.2, 0.25) is 0 Å². The van der Waals surface area contributed by atoms with Gasteiger partial charge in [-0.2, -0.15) is 0 Å². The van der Waals surface area contributed by atoms with Crippen LogP contribution in [0, 0.1) is 12.8 Å². The number of amides is 1. The molecule has 0 saturated carbocycles. The van der Waals surface area contributed by atoms with E-state index in [1.165, 1.54) is 5.69 Å². The predicted molar refractivity (Wildman–Crippen MR) is 121 cm³/mol. The van der Waals surface area contributed by atoms with Crippen LogP contribution >= 0.6 is 0 Å². The van der Waals surface area contributed by atoms with E-state index in [1.807, 2.05) is 24.3 Å². The molecule has 1 unspecified atom stereocenters. The Balaban J connectivity index is 1.25. The standard InChI is InChI=1S/C23H28N6O2/c1-17-4-2-6-21-25-26-23(29(17)21)28-11-3-5-18(16-28)22(30)24-19-7-9-20(10-8-19)27-12-14-31-15-13-27/h2,4,6-10,18H,3,5,11-16H2,1H3,(H,24,30). The van der Waals surface area contributed by atoms with Crippen molar-refractivity contribution >= 4 is 28.9 Å². The number of benzene rings is 1. The van der Waals surface area contributed by atoms with Crippen molar-refractivity contribution < 1.29 is 9.53 Å². The van der Waals surface area contributed by atoms with Gasteiger partial charge in [-0.15, -0.1) is 10.2 Å². The van der Waals surface area contributed by atoms with E-state index >= 15 is 0 Å². The van der Waals surface area contributed by atoms with Gasteiger partial charge in [-0.05, 0) is 56.2 Å². The molecule has 1 amide bonds. The third kappa shape index (κ3) is 4.07. The average molecular weight is 421 g/mol. The molecule has 2 saturated heterocycles. The van der Waals surface area contributed by atoms with E-state index in [0.29, 0.717) is 6.54 Å². The summed E-state index contributed by atoms with van der Waals surface area (Å²) in [6, 6.07) is 14.1. The van der Waals surface area contributed by atoms with E-state index in [4.69, 9.17) is 4.74 Å². The highest BCUT2D eigenvalue weighted by Gasteiger charge is 2.28. The lowest BCUT2D eigenvalue weighted by atomic mass is 9.97. The van der Waals surface area contributed by atoms with E-state index in [2.05, 4.69) is 54.8 Å². The van der Waals surface area contributed by atoms with E-state index in [9.17, 15) is 4.79 Å². The summed E-state index contributed by atoms with van der Waals surface area (Å²) >= 11 is 0. The highest BCUT2D eigenvalue weighted by molar-refractivity contribution is 5.93. The fourth-order valence-electron chi connectivity index (χ4n) is 4.48. The van der Waals surface area contributed by atoms with Gasteiger partial charge in [0.05, 0.1) is 19.1 Å². The van der Waals surface area contributed by atoms with Gasteiger partial charge in [-0.3, -0.25) is 9.20 Å². The van der Waals surface area contributed by atoms with E-state index in [-0.39, 0.29) is 11.8 Å². The molecule has 162 valence electrons. The molecule has 1 aromatic carbocycles. The summed E-state index contributed by atoms with van der Waals surface area (Å²) in [5, 5.41) is 11.8. The molecule has 0 bridgehead atoms. The number of carbonyl (C=O) groups is 1. The van der Waals surface area contributed by atoms with Gasteiger partial charge in [0.1, 0.15) is 0 Å². The van der Waals surface area contributed by atoms with Crippen LogP contribution in [0.4, 0.5) is 17.3 Å². The second-order valence-corrected chi connectivity index (χ2v) is 8.28. The molecule has 1 atom stereocenters. The number of ether oxygens (including phenoxy) is 1. The second kappa shape index (κ2) is 8.55. The van der Waals surface area contributed by atoms with Crippen molar-refractivity contribution in [3.8, 4) is 0 Å². The Hall–Kier alpha value is -3.13. The van der Waals surface area contributed by atoms with Crippen LogP contribution in [0.1, 0.15) is 18.5 Å². The molecule has 0 aliphatic carbocycles. The van der Waals surface area contributed by atoms with Gasteiger partial charge in [-0.25, -0.2) is 0 Å². The first-order chi connectivity index (χ1) is 15.2. The zero-order chi connectivity index (χ0) is 21.2. The number of hydrogen-bond donors (Lipinski definition) is 1. The molecule has 2 fully saturated rings. The van der Waals surface area contributed by atoms with Crippen LogP contribution in [0.3, 0.4) is 0 Å². The molecule has 1 N–H and O–H groups in total. The maximum absolute atomic E-state index is 13.0. The van der Waals surface area contributed by atoms with Crippen LogP contribution in [0.25, 0.3) is 5.65 Å². The average Bonchev–Trinajstić information content (AvgIpc) is 3.26. The van der Waals surface area contributed by atoms with Crippen molar-refractivity contribution in [1.29, 1.82) is 0 Å². The van der Waals surface area contributed by atoms with Gasteiger partial charge < -0.3 is 19.9 Å². The van der Waals surface area contributed by atoms with Gasteiger partial charge in [-0.1, -0.05) is 6.07 Å². The van der Waals surface area contributed by atoms with Crippen molar-refractivity contribution in [2.24, 2.45) is 5.92 Å². The van der Waals surface area contributed by atoms with E-state index in [1.54, 1.807) is 0 Å². The SMILES string of the molecule is Cc1cccc2nnc(N3CCCC(C(=O)Nc4ccc(N5CCOCC5)cc4)C3)n12. The quantitative estimate of drug-likeness (QED) is 0.700. The topological polar surface area (TPSA) is 75.0 Å². The maximum Gasteiger partial charge on any atom is 0.231 e. The highest BCUT2D eigenvalue weighted by Crippen LogP contribution is 2.25. The van der Waals surface area contributed by atoms with Crippen molar-refractivity contribution in [1.82, 2.24) is 14.6 Å². The first-order valence-electron chi connectivity index (χ1n) is 11.0. The Labute approximate surface area is 181 Å². The molecular formula is C23H28N6O2. The number of carbonyl (C=O) groups excluding carboxylic acids is 1. The zero-order valence-electron chi connectivity index (χ0n) is 17.8. The summed E-state index contributed by atoms with van der Waals surface area (Å²) in [4.78, 5) is 17.5. The Morgan fingerprint density at radius 3 is 2.65 bits per heavy atom. The van der Waals surface area contributed by atoms with Crippen LogP contribution < -0.4 is 15.1 Å². The third-order valence-electron chi connectivity index (χ3n) is 6.19. The molecule has 2 aliphatic heterocycles. The third-order valence-corrected chi connectivity index (χ3v) is 6.19. The molecule has 8 nitrogen and oxygen atoms in total. The maximum atomic E-state index is 13.0. The summed E-state index contributed by atoms with van der Waals surface area (Å²) in [7, 11) is 0. The molecular weight excluding hydrogens is 392 g/mol. The summed E-state index contributed by atoms with van der Waals surface area (Å²) in [5.41, 5.74) is 3.92. The summed E-state index contributed by atoms with van der Waals surface area (Å²) < 4.78 is 7.48. The van der Waals surface area contributed by atoms with Crippen LogP contribution in [-0.2, 0) is 9.53 Å². The number of piperidine rings is 1. The summed E-state index contributed by atoms with van der Waals surface area (Å²) in [5.74, 6) is 0.805. The number of nitrogens with one attached hydrogen (secondary N) is 1. The number of rotatable bonds is 4. The van der Waals surface area contributed by atoms with Gasteiger partial charge in [0.15, 0.2) is 5.65 Å². The van der Waals surface area contributed by atoms with Crippen molar-refractivity contribution in [2.45, 2.75) is 19.8 Å². The molecule has 2 aromatic heterocycles. The van der Waals surface area contributed by atoms with Gasteiger partial charge >= 0.3 is 0 Å². The fraction of sp³-hybridized carbons (Fsp3) is 0.435. The first kappa shape index (κ1) is 19.8. The molecule has 31 heavy (non-hydrogen) atoms.